The number of pyridine rings is 1. The quantitative estimate of drug-likeness (QED) is 0.287. The van der Waals surface area contributed by atoms with Gasteiger partial charge in [0.05, 0.1) is 11.1 Å². The second kappa shape index (κ2) is 8.16. The fourth-order valence-electron chi connectivity index (χ4n) is 4.73. The summed E-state index contributed by atoms with van der Waals surface area (Å²) in [5.74, 6) is -0.828. The van der Waals surface area contributed by atoms with Crippen molar-refractivity contribution in [1.29, 1.82) is 0 Å². The molecule has 5 rings (SSSR count). The lowest BCUT2D eigenvalue weighted by molar-refractivity contribution is -0.606. The van der Waals surface area contributed by atoms with Gasteiger partial charge in [0.25, 0.3) is 0 Å². The summed E-state index contributed by atoms with van der Waals surface area (Å²) in [7, 11) is 0. The van der Waals surface area contributed by atoms with Crippen LogP contribution >= 0.6 is 0 Å². The number of amides is 1. The van der Waals surface area contributed by atoms with E-state index in [1.807, 2.05) is 18.2 Å². The molecule has 166 valence electrons. The molecule has 0 atom stereocenters. The molecule has 33 heavy (non-hydrogen) atoms. The first-order valence-electron chi connectivity index (χ1n) is 10.9. The van der Waals surface area contributed by atoms with Gasteiger partial charge in [-0.3, -0.25) is 9.59 Å². The van der Waals surface area contributed by atoms with Crippen molar-refractivity contribution in [3.8, 4) is 0 Å². The van der Waals surface area contributed by atoms with Gasteiger partial charge in [0, 0.05) is 28.8 Å². The van der Waals surface area contributed by atoms with Gasteiger partial charge in [-0.25, -0.2) is 4.79 Å². The van der Waals surface area contributed by atoms with Crippen LogP contribution in [0.1, 0.15) is 57.5 Å². The van der Waals surface area contributed by atoms with Crippen LogP contribution in [0.5, 0.6) is 0 Å². The summed E-state index contributed by atoms with van der Waals surface area (Å²) in [6.07, 6.45) is 4.74. The first-order valence-corrected chi connectivity index (χ1v) is 10.9. The van der Waals surface area contributed by atoms with Gasteiger partial charge in [-0.15, -0.1) is 0 Å². The first kappa shape index (κ1) is 20.9. The van der Waals surface area contributed by atoms with E-state index in [0.717, 1.165) is 0 Å². The highest BCUT2D eigenvalue weighted by Gasteiger charge is 2.50. The fourth-order valence-corrected chi connectivity index (χ4v) is 4.73. The van der Waals surface area contributed by atoms with Crippen LogP contribution in [0.15, 0.2) is 73.1 Å². The zero-order valence-electron chi connectivity index (χ0n) is 17.8. The molecule has 3 aromatic rings. The predicted octanol–water partition coefficient (Wildman–Crippen LogP) is 3.75. The molecule has 1 spiro atoms. The van der Waals surface area contributed by atoms with Crippen LogP contribution in [0.25, 0.3) is 0 Å². The van der Waals surface area contributed by atoms with E-state index in [0.29, 0.717) is 58.4 Å². The van der Waals surface area contributed by atoms with Crippen LogP contribution in [0.4, 0.5) is 5.69 Å². The smallest absolute Gasteiger partial charge is 0.339 e. The molecule has 2 heterocycles. The van der Waals surface area contributed by atoms with Crippen LogP contribution in [0, 0.1) is 11.1 Å². The predicted molar refractivity (Wildman–Crippen MR) is 119 cm³/mol. The molecule has 1 amide bonds. The molecule has 1 N–H and O–H groups in total. The van der Waals surface area contributed by atoms with Crippen molar-refractivity contribution in [2.24, 2.45) is 5.92 Å². The van der Waals surface area contributed by atoms with Gasteiger partial charge in [0.1, 0.15) is 5.60 Å². The number of anilines is 1. The van der Waals surface area contributed by atoms with Gasteiger partial charge in [-0.05, 0) is 49.9 Å². The average molecular weight is 442 g/mol. The van der Waals surface area contributed by atoms with Crippen LogP contribution in [-0.4, -0.2) is 17.7 Å². The first-order chi connectivity index (χ1) is 15.9. The number of nitrogens with one attached hydrogen (secondary N) is 1. The van der Waals surface area contributed by atoms with Crippen molar-refractivity contribution in [2.75, 3.05) is 5.32 Å². The molecule has 0 saturated heterocycles. The second-order valence-electron chi connectivity index (χ2n) is 8.55. The van der Waals surface area contributed by atoms with E-state index in [4.69, 9.17) is 4.74 Å². The molecule has 7 nitrogen and oxygen atoms in total. The Bertz CT molecular complexity index is 1230. The molecule has 1 fully saturated rings. The number of esters is 1. The number of carbonyl (C=O) groups excluding carboxylic acids is 3. The van der Waals surface area contributed by atoms with Crippen molar-refractivity contribution >= 4 is 23.3 Å². The van der Waals surface area contributed by atoms with E-state index < -0.39 is 11.6 Å². The maximum absolute atomic E-state index is 12.8. The lowest BCUT2D eigenvalue weighted by Gasteiger charge is -2.35. The molecule has 7 heteroatoms. The lowest BCUT2D eigenvalue weighted by atomic mass is 9.75. The van der Waals surface area contributed by atoms with Gasteiger partial charge >= 0.3 is 5.97 Å². The molecule has 1 aliphatic carbocycles. The van der Waals surface area contributed by atoms with Crippen molar-refractivity contribution in [3.05, 3.63) is 101 Å². The highest BCUT2D eigenvalue weighted by atomic mass is 16.6. The van der Waals surface area contributed by atoms with Crippen molar-refractivity contribution < 1.29 is 23.9 Å². The summed E-state index contributed by atoms with van der Waals surface area (Å²) in [6, 6.07) is 17.4. The summed E-state index contributed by atoms with van der Waals surface area (Å²) < 4.78 is 6.35. The van der Waals surface area contributed by atoms with Crippen LogP contribution in [-0.2, 0) is 15.1 Å². The number of aromatic nitrogens is 1. The standard InChI is InChI=1S/C26H22N2O5/c29-23(17-4-2-1-3-5-17)18-6-8-20(9-7-18)27-24(30)19-10-13-26(14-11-19)22-16-28(32)15-12-21(22)25(31)33-26/h1-9,12,15-16,19H,10-11,13-14H2,(H,27,30). The number of hydrogen-bond donors (Lipinski definition) is 1. The Hall–Kier alpha value is -4.00. The zero-order chi connectivity index (χ0) is 23.0. The normalized spacial score (nSPS) is 21.3. The van der Waals surface area contributed by atoms with Gasteiger partial charge in [-0.1, -0.05) is 30.3 Å². The Morgan fingerprint density at radius 3 is 2.33 bits per heavy atom. The van der Waals surface area contributed by atoms with E-state index in [1.54, 1.807) is 36.4 Å². The molecule has 2 aliphatic rings. The lowest BCUT2D eigenvalue weighted by Crippen LogP contribution is -2.37. The third kappa shape index (κ3) is 3.86. The van der Waals surface area contributed by atoms with Gasteiger partial charge < -0.3 is 15.3 Å². The van der Waals surface area contributed by atoms with Gasteiger partial charge in [0.2, 0.25) is 5.91 Å². The molecular weight excluding hydrogens is 420 g/mol. The van der Waals surface area contributed by atoms with Crippen LogP contribution in [0.2, 0.25) is 0 Å². The maximum Gasteiger partial charge on any atom is 0.339 e. The number of benzene rings is 2. The summed E-state index contributed by atoms with van der Waals surface area (Å²) in [5.41, 5.74) is 2.00. The molecule has 0 unspecified atom stereocenters. The number of ketones is 1. The number of ether oxygens (including phenoxy) is 1. The fraction of sp³-hybridized carbons (Fsp3) is 0.231. The summed E-state index contributed by atoms with van der Waals surface area (Å²) in [6.45, 7) is 0. The average Bonchev–Trinajstić information content (AvgIpc) is 3.10. The van der Waals surface area contributed by atoms with E-state index >= 15 is 0 Å². The van der Waals surface area contributed by atoms with Crippen molar-refractivity contribution in [1.82, 2.24) is 0 Å². The second-order valence-corrected chi connectivity index (χ2v) is 8.55. The molecular formula is C26H22N2O5. The number of rotatable bonds is 4. The summed E-state index contributed by atoms with van der Waals surface area (Å²) >= 11 is 0. The van der Waals surface area contributed by atoms with E-state index in [-0.39, 0.29) is 17.6 Å². The van der Waals surface area contributed by atoms with E-state index in [2.05, 4.69) is 5.32 Å². The van der Waals surface area contributed by atoms with Gasteiger partial charge in [-0.2, -0.15) is 4.73 Å². The molecule has 1 aliphatic heterocycles. The Labute approximate surface area is 190 Å². The zero-order valence-corrected chi connectivity index (χ0v) is 17.8. The number of nitrogens with zero attached hydrogens (tertiary/aromatic N) is 1. The minimum atomic E-state index is -0.823. The third-order valence-electron chi connectivity index (χ3n) is 6.55. The summed E-state index contributed by atoms with van der Waals surface area (Å²) in [4.78, 5) is 37.6. The maximum atomic E-state index is 12.8. The minimum Gasteiger partial charge on any atom is -0.619 e. The van der Waals surface area contributed by atoms with E-state index in [1.165, 1.54) is 18.5 Å². The topological polar surface area (TPSA) is 99.4 Å². The summed E-state index contributed by atoms with van der Waals surface area (Å²) in [5, 5.41) is 14.7. The monoisotopic (exact) mass is 442 g/mol. The highest BCUT2D eigenvalue weighted by Crippen LogP contribution is 2.47. The number of carbonyl (C=O) groups is 3. The van der Waals surface area contributed by atoms with Crippen LogP contribution in [0.3, 0.4) is 0 Å². The Morgan fingerprint density at radius 1 is 0.970 bits per heavy atom. The van der Waals surface area contributed by atoms with Crippen molar-refractivity contribution in [3.63, 3.8) is 0 Å². The highest BCUT2D eigenvalue weighted by molar-refractivity contribution is 6.09. The number of fused-ring (bicyclic) bond motifs is 2. The molecule has 0 bridgehead atoms. The largest absolute Gasteiger partial charge is 0.619 e. The van der Waals surface area contributed by atoms with E-state index in [9.17, 15) is 19.6 Å². The Morgan fingerprint density at radius 2 is 1.64 bits per heavy atom. The van der Waals surface area contributed by atoms with Gasteiger partial charge in [0.15, 0.2) is 18.2 Å². The molecule has 1 aromatic heterocycles. The third-order valence-corrected chi connectivity index (χ3v) is 6.55. The Balaban J connectivity index is 1.22. The molecule has 1 saturated carbocycles. The molecule has 0 radical (unpaired) electrons. The number of hydrogen-bond acceptors (Lipinski definition) is 5. The van der Waals surface area contributed by atoms with Crippen LogP contribution < -0.4 is 10.0 Å². The Kier molecular flexibility index (Phi) is 5.17. The minimum absolute atomic E-state index is 0.0724. The SMILES string of the molecule is O=C(c1ccccc1)c1ccc(NC(=O)C2CCC3(CC2)OC(=O)c2cc[n+]([O-])cc23)cc1. The molecule has 2 aromatic carbocycles. The van der Waals surface area contributed by atoms with Crippen molar-refractivity contribution in [2.45, 2.75) is 31.3 Å².